The lowest BCUT2D eigenvalue weighted by molar-refractivity contribution is 0.0696. The van der Waals surface area contributed by atoms with Crippen LogP contribution in [-0.2, 0) is 9.84 Å². The molecule has 1 aromatic rings. The molecule has 0 bridgehead atoms. The average Bonchev–Trinajstić information content (AvgIpc) is 2.29. The van der Waals surface area contributed by atoms with Crippen LogP contribution in [-0.4, -0.2) is 25.2 Å². The van der Waals surface area contributed by atoms with Gasteiger partial charge < -0.3 is 5.11 Å². The molecule has 0 atom stereocenters. The summed E-state index contributed by atoms with van der Waals surface area (Å²) in [4.78, 5) is 10.7. The lowest BCUT2D eigenvalue weighted by Gasteiger charge is -2.03. The van der Waals surface area contributed by atoms with Gasteiger partial charge in [-0.25, -0.2) is 13.2 Å². The van der Waals surface area contributed by atoms with E-state index >= 15 is 0 Å². The van der Waals surface area contributed by atoms with E-state index in [4.69, 9.17) is 5.11 Å². The minimum atomic E-state index is -3.45. The Morgan fingerprint density at radius 2 is 2.12 bits per heavy atom. The fraction of sp³-hybridized carbons (Fsp3) is 0.250. The largest absolute Gasteiger partial charge is 0.478 e. The molecule has 4 nitrogen and oxygen atoms in total. The molecule has 0 saturated heterocycles. The Labute approximate surface area is 100 Å². The molecular formula is C12H12O4S. The molecular weight excluding hydrogens is 240 g/mol. The lowest BCUT2D eigenvalue weighted by atomic mass is 10.2. The number of carboxylic acids is 1. The third kappa shape index (κ3) is 3.61. The van der Waals surface area contributed by atoms with Gasteiger partial charge in [0.05, 0.1) is 16.2 Å². The number of aromatic carboxylic acids is 1. The van der Waals surface area contributed by atoms with Crippen molar-refractivity contribution in [2.75, 3.05) is 5.75 Å². The Balaban J connectivity index is 3.01. The summed E-state index contributed by atoms with van der Waals surface area (Å²) >= 11 is 0. The van der Waals surface area contributed by atoms with Crippen LogP contribution in [0.3, 0.4) is 0 Å². The van der Waals surface area contributed by atoms with E-state index in [9.17, 15) is 13.2 Å². The van der Waals surface area contributed by atoms with E-state index in [0.717, 1.165) is 6.07 Å². The topological polar surface area (TPSA) is 71.4 Å². The number of carboxylic acid groups (broad SMARTS) is 1. The molecule has 1 N–H and O–H groups in total. The number of benzene rings is 1. The standard InChI is InChI=1S/C12H12O4S/c1-2-3-4-8-17(15,16)11-7-5-6-10(9-11)12(13)14/h5-7,9H,4,8H2,1H3,(H,13,14). The summed E-state index contributed by atoms with van der Waals surface area (Å²) in [7, 11) is -3.45. The molecule has 0 aliphatic heterocycles. The quantitative estimate of drug-likeness (QED) is 0.826. The zero-order chi connectivity index (χ0) is 12.9. The summed E-state index contributed by atoms with van der Waals surface area (Å²) in [5, 5.41) is 8.77. The fourth-order valence-electron chi connectivity index (χ4n) is 1.25. The molecule has 0 aliphatic carbocycles. The fourth-order valence-corrected chi connectivity index (χ4v) is 2.45. The Hall–Kier alpha value is -1.80. The molecule has 0 radical (unpaired) electrons. The van der Waals surface area contributed by atoms with Gasteiger partial charge in [-0.1, -0.05) is 6.07 Å². The van der Waals surface area contributed by atoms with E-state index in [1.807, 2.05) is 0 Å². The van der Waals surface area contributed by atoms with E-state index in [-0.39, 0.29) is 22.6 Å². The van der Waals surface area contributed by atoms with Gasteiger partial charge in [0.15, 0.2) is 9.84 Å². The molecule has 5 heteroatoms. The highest BCUT2D eigenvalue weighted by Crippen LogP contribution is 2.14. The molecule has 0 aromatic heterocycles. The molecule has 90 valence electrons. The molecule has 0 saturated carbocycles. The number of hydrogen-bond donors (Lipinski definition) is 1. The van der Waals surface area contributed by atoms with Crippen LogP contribution < -0.4 is 0 Å². The first-order chi connectivity index (χ1) is 7.97. The molecule has 0 fully saturated rings. The third-order valence-electron chi connectivity index (χ3n) is 2.11. The van der Waals surface area contributed by atoms with Gasteiger partial charge in [0.1, 0.15) is 0 Å². The summed E-state index contributed by atoms with van der Waals surface area (Å²) in [6, 6.07) is 5.33. The maximum Gasteiger partial charge on any atom is 0.335 e. The van der Waals surface area contributed by atoms with Crippen LogP contribution in [0.5, 0.6) is 0 Å². The molecule has 0 unspecified atom stereocenters. The predicted molar refractivity (Wildman–Crippen MR) is 63.5 cm³/mol. The van der Waals surface area contributed by atoms with Crippen molar-refractivity contribution in [2.45, 2.75) is 18.2 Å². The van der Waals surface area contributed by atoms with Crippen molar-refractivity contribution < 1.29 is 18.3 Å². The van der Waals surface area contributed by atoms with Gasteiger partial charge >= 0.3 is 5.97 Å². The van der Waals surface area contributed by atoms with Crippen LogP contribution in [0, 0.1) is 11.8 Å². The van der Waals surface area contributed by atoms with Crippen LogP contribution in [0.15, 0.2) is 29.2 Å². The van der Waals surface area contributed by atoms with E-state index in [1.54, 1.807) is 6.92 Å². The van der Waals surface area contributed by atoms with Gasteiger partial charge in [-0.15, -0.1) is 11.8 Å². The van der Waals surface area contributed by atoms with Gasteiger partial charge in [-0.05, 0) is 25.1 Å². The SMILES string of the molecule is CC#CCCS(=O)(=O)c1cccc(C(=O)O)c1. The third-order valence-corrected chi connectivity index (χ3v) is 3.83. The molecule has 0 amide bonds. The van der Waals surface area contributed by atoms with Crippen LogP contribution in [0.2, 0.25) is 0 Å². The zero-order valence-corrected chi connectivity index (χ0v) is 10.1. The molecule has 1 aromatic carbocycles. The average molecular weight is 252 g/mol. The highest BCUT2D eigenvalue weighted by molar-refractivity contribution is 7.91. The lowest BCUT2D eigenvalue weighted by Crippen LogP contribution is -2.07. The van der Waals surface area contributed by atoms with Crippen molar-refractivity contribution in [3.63, 3.8) is 0 Å². The Morgan fingerprint density at radius 3 is 2.71 bits per heavy atom. The zero-order valence-electron chi connectivity index (χ0n) is 9.30. The van der Waals surface area contributed by atoms with Crippen molar-refractivity contribution in [3.05, 3.63) is 29.8 Å². The number of hydrogen-bond acceptors (Lipinski definition) is 3. The molecule has 0 heterocycles. The summed E-state index contributed by atoms with van der Waals surface area (Å²) < 4.78 is 23.6. The summed E-state index contributed by atoms with van der Waals surface area (Å²) in [5.41, 5.74) is -0.0346. The molecule has 17 heavy (non-hydrogen) atoms. The van der Waals surface area contributed by atoms with Crippen molar-refractivity contribution in [2.24, 2.45) is 0 Å². The number of sulfone groups is 1. The first-order valence-corrected chi connectivity index (χ1v) is 6.58. The summed E-state index contributed by atoms with van der Waals surface area (Å²) in [6.07, 6.45) is 0.246. The minimum Gasteiger partial charge on any atom is -0.478 e. The van der Waals surface area contributed by atoms with Gasteiger partial charge in [-0.3, -0.25) is 0 Å². The molecule has 1 rings (SSSR count). The molecule has 0 spiro atoms. The van der Waals surface area contributed by atoms with Crippen molar-refractivity contribution in [1.29, 1.82) is 0 Å². The first-order valence-electron chi connectivity index (χ1n) is 4.93. The monoisotopic (exact) mass is 252 g/mol. The van der Waals surface area contributed by atoms with Crippen LogP contribution in [0.25, 0.3) is 0 Å². The summed E-state index contributed by atoms with van der Waals surface area (Å²) in [5.74, 6) is 4.04. The van der Waals surface area contributed by atoms with Crippen molar-refractivity contribution in [3.8, 4) is 11.8 Å². The van der Waals surface area contributed by atoms with Gasteiger partial charge in [0.2, 0.25) is 0 Å². The first kappa shape index (κ1) is 13.3. The highest BCUT2D eigenvalue weighted by atomic mass is 32.2. The van der Waals surface area contributed by atoms with Crippen molar-refractivity contribution in [1.82, 2.24) is 0 Å². The van der Waals surface area contributed by atoms with Crippen LogP contribution >= 0.6 is 0 Å². The van der Waals surface area contributed by atoms with Crippen LogP contribution in [0.4, 0.5) is 0 Å². The second kappa shape index (κ2) is 5.51. The van der Waals surface area contributed by atoms with Crippen LogP contribution in [0.1, 0.15) is 23.7 Å². The molecule has 0 aliphatic rings. The van der Waals surface area contributed by atoms with Crippen molar-refractivity contribution >= 4 is 15.8 Å². The summed E-state index contributed by atoms with van der Waals surface area (Å²) in [6.45, 7) is 1.64. The number of rotatable bonds is 4. The Bertz CT molecular complexity index is 576. The van der Waals surface area contributed by atoms with E-state index in [2.05, 4.69) is 11.8 Å². The minimum absolute atomic E-state index is 0.0234. The van der Waals surface area contributed by atoms with Gasteiger partial charge in [0.25, 0.3) is 0 Å². The van der Waals surface area contributed by atoms with E-state index in [0.29, 0.717) is 0 Å². The van der Waals surface area contributed by atoms with Gasteiger partial charge in [0, 0.05) is 6.42 Å². The Kier molecular flexibility index (Phi) is 4.30. The van der Waals surface area contributed by atoms with E-state index in [1.165, 1.54) is 18.2 Å². The predicted octanol–water partition coefficient (Wildman–Crippen LogP) is 1.57. The smallest absolute Gasteiger partial charge is 0.335 e. The normalized spacial score (nSPS) is 10.4. The second-order valence-corrected chi connectivity index (χ2v) is 5.44. The maximum absolute atomic E-state index is 11.8. The number of carbonyl (C=O) groups is 1. The second-order valence-electron chi connectivity index (χ2n) is 3.33. The van der Waals surface area contributed by atoms with E-state index < -0.39 is 15.8 Å². The Morgan fingerprint density at radius 1 is 1.41 bits per heavy atom. The highest BCUT2D eigenvalue weighted by Gasteiger charge is 2.15. The maximum atomic E-state index is 11.8. The van der Waals surface area contributed by atoms with Gasteiger partial charge in [-0.2, -0.15) is 0 Å².